The smallest absolute Gasteiger partial charge is 0.328 e. The second-order valence-corrected chi connectivity index (χ2v) is 8.11. The molecule has 3 rings (SSSR count). The first-order valence-corrected chi connectivity index (χ1v) is 11.7. The average Bonchev–Trinajstić information content (AvgIpc) is 2.86. The summed E-state index contributed by atoms with van der Waals surface area (Å²) in [6.07, 6.45) is 3.97. The fourth-order valence-electron chi connectivity index (χ4n) is 3.23. The number of hydrogen-bond acceptors (Lipinski definition) is 6. The van der Waals surface area contributed by atoms with E-state index < -0.39 is 17.9 Å². The highest BCUT2D eigenvalue weighted by molar-refractivity contribution is 7.98. The van der Waals surface area contributed by atoms with Crippen molar-refractivity contribution in [3.05, 3.63) is 84.1 Å². The molecule has 0 bridgehead atoms. The summed E-state index contributed by atoms with van der Waals surface area (Å²) in [4.78, 5) is 42.2. The highest BCUT2D eigenvalue weighted by atomic mass is 32.2. The number of thioether (sulfide) groups is 1. The Labute approximate surface area is 197 Å². The Bertz CT molecular complexity index is 1110. The van der Waals surface area contributed by atoms with E-state index in [1.807, 2.05) is 36.6 Å². The average molecular weight is 464 g/mol. The van der Waals surface area contributed by atoms with Crippen LogP contribution in [0, 0.1) is 0 Å². The largest absolute Gasteiger partial charge is 0.467 e. The van der Waals surface area contributed by atoms with Gasteiger partial charge in [-0.25, -0.2) is 9.78 Å². The zero-order valence-electron chi connectivity index (χ0n) is 18.4. The van der Waals surface area contributed by atoms with E-state index in [-0.39, 0.29) is 5.91 Å². The van der Waals surface area contributed by atoms with Crippen LogP contribution in [0.15, 0.2) is 72.9 Å². The summed E-state index contributed by atoms with van der Waals surface area (Å²) in [5.41, 5.74) is 2.08. The molecule has 0 aliphatic heterocycles. The van der Waals surface area contributed by atoms with Crippen molar-refractivity contribution in [1.29, 1.82) is 0 Å². The molecular weight excluding hydrogens is 438 g/mol. The number of esters is 1. The van der Waals surface area contributed by atoms with E-state index in [0.717, 1.165) is 5.56 Å². The van der Waals surface area contributed by atoms with Crippen molar-refractivity contribution in [2.75, 3.05) is 24.4 Å². The summed E-state index contributed by atoms with van der Waals surface area (Å²) >= 11 is 1.58. The number of ether oxygens (including phenoxy) is 1. The van der Waals surface area contributed by atoms with E-state index in [9.17, 15) is 14.4 Å². The van der Waals surface area contributed by atoms with E-state index in [0.29, 0.717) is 34.7 Å². The van der Waals surface area contributed by atoms with Crippen LogP contribution in [0.4, 0.5) is 5.82 Å². The number of anilines is 1. The van der Waals surface area contributed by atoms with Gasteiger partial charge >= 0.3 is 5.97 Å². The van der Waals surface area contributed by atoms with Crippen molar-refractivity contribution in [3.8, 4) is 11.1 Å². The minimum atomic E-state index is -0.759. The zero-order valence-corrected chi connectivity index (χ0v) is 19.2. The number of hydrogen-bond donors (Lipinski definition) is 2. The molecule has 2 amide bonds. The normalized spacial score (nSPS) is 11.3. The van der Waals surface area contributed by atoms with E-state index in [1.54, 1.807) is 54.4 Å². The summed E-state index contributed by atoms with van der Waals surface area (Å²) in [5, 5.41) is 5.53. The molecule has 0 spiro atoms. The molecule has 0 aliphatic carbocycles. The summed E-state index contributed by atoms with van der Waals surface area (Å²) in [7, 11) is 1.30. The van der Waals surface area contributed by atoms with Crippen molar-refractivity contribution < 1.29 is 19.1 Å². The zero-order chi connectivity index (χ0) is 23.6. The Balaban J connectivity index is 1.93. The van der Waals surface area contributed by atoms with Gasteiger partial charge in [0.2, 0.25) is 0 Å². The lowest BCUT2D eigenvalue weighted by Gasteiger charge is -2.18. The number of carbonyl (C=O) groups excluding carboxylic acids is 3. The lowest BCUT2D eigenvalue weighted by Crippen LogP contribution is -2.42. The molecule has 1 heterocycles. The Morgan fingerprint density at radius 2 is 1.76 bits per heavy atom. The van der Waals surface area contributed by atoms with Crippen LogP contribution in [0.1, 0.15) is 27.1 Å². The van der Waals surface area contributed by atoms with E-state index in [2.05, 4.69) is 15.6 Å². The third-order valence-electron chi connectivity index (χ3n) is 4.92. The van der Waals surface area contributed by atoms with Crippen molar-refractivity contribution in [2.45, 2.75) is 12.5 Å². The molecule has 1 aromatic heterocycles. The molecule has 2 N–H and O–H groups in total. The molecule has 7 nitrogen and oxygen atoms in total. The fraction of sp³-hybridized carbons (Fsp3) is 0.200. The maximum absolute atomic E-state index is 13.2. The van der Waals surface area contributed by atoms with Crippen LogP contribution >= 0.6 is 11.8 Å². The molecule has 0 saturated carbocycles. The Hall–Kier alpha value is -3.65. The van der Waals surface area contributed by atoms with Gasteiger partial charge in [-0.1, -0.05) is 36.4 Å². The number of nitrogens with one attached hydrogen (secondary N) is 2. The highest BCUT2D eigenvalue weighted by Crippen LogP contribution is 2.26. The number of aromatic nitrogens is 1. The lowest BCUT2D eigenvalue weighted by molar-refractivity contribution is -0.142. The second-order valence-electron chi connectivity index (χ2n) is 7.13. The molecule has 8 heteroatoms. The number of carbonyl (C=O) groups is 3. The first-order valence-electron chi connectivity index (χ1n) is 10.3. The van der Waals surface area contributed by atoms with Crippen LogP contribution in [0.5, 0.6) is 0 Å². The van der Waals surface area contributed by atoms with Gasteiger partial charge < -0.3 is 15.4 Å². The van der Waals surface area contributed by atoms with Crippen LogP contribution in [0.25, 0.3) is 11.1 Å². The van der Waals surface area contributed by atoms with Crippen LogP contribution in [-0.2, 0) is 9.53 Å². The van der Waals surface area contributed by atoms with Crippen LogP contribution in [0.3, 0.4) is 0 Å². The first-order chi connectivity index (χ1) is 16.0. The monoisotopic (exact) mass is 463 g/mol. The number of rotatable bonds is 9. The molecule has 0 saturated heterocycles. The third-order valence-corrected chi connectivity index (χ3v) is 5.56. The van der Waals surface area contributed by atoms with Gasteiger partial charge in [0.1, 0.15) is 11.9 Å². The maximum Gasteiger partial charge on any atom is 0.328 e. The van der Waals surface area contributed by atoms with Gasteiger partial charge in [0, 0.05) is 17.3 Å². The molecule has 0 fully saturated rings. The Morgan fingerprint density at radius 3 is 2.42 bits per heavy atom. The van der Waals surface area contributed by atoms with Crippen LogP contribution in [-0.4, -0.2) is 47.9 Å². The van der Waals surface area contributed by atoms with Crippen LogP contribution < -0.4 is 10.6 Å². The third kappa shape index (κ3) is 6.43. The molecule has 0 radical (unpaired) electrons. The summed E-state index contributed by atoms with van der Waals surface area (Å²) in [6, 6.07) is 18.6. The van der Waals surface area contributed by atoms with Gasteiger partial charge in [-0.05, 0) is 59.9 Å². The van der Waals surface area contributed by atoms with Gasteiger partial charge in [0.25, 0.3) is 11.8 Å². The summed E-state index contributed by atoms with van der Waals surface area (Å²) < 4.78 is 4.85. The van der Waals surface area contributed by atoms with Crippen LogP contribution in [0.2, 0.25) is 0 Å². The van der Waals surface area contributed by atoms with E-state index in [1.165, 1.54) is 7.11 Å². The predicted molar refractivity (Wildman–Crippen MR) is 130 cm³/mol. The first kappa shape index (κ1) is 24.0. The van der Waals surface area contributed by atoms with E-state index >= 15 is 0 Å². The van der Waals surface area contributed by atoms with Gasteiger partial charge in [-0.2, -0.15) is 11.8 Å². The second kappa shape index (κ2) is 11.8. The fourth-order valence-corrected chi connectivity index (χ4v) is 3.70. The van der Waals surface area contributed by atoms with Crippen molar-refractivity contribution in [3.63, 3.8) is 0 Å². The molecular formula is C25H25N3O4S. The minimum Gasteiger partial charge on any atom is -0.467 e. The van der Waals surface area contributed by atoms with Crippen molar-refractivity contribution >= 4 is 35.4 Å². The van der Waals surface area contributed by atoms with E-state index in [4.69, 9.17) is 4.74 Å². The molecule has 0 unspecified atom stereocenters. The Kier molecular flexibility index (Phi) is 8.60. The minimum absolute atomic E-state index is 0.342. The molecule has 2 aromatic carbocycles. The highest BCUT2D eigenvalue weighted by Gasteiger charge is 2.24. The van der Waals surface area contributed by atoms with Crippen molar-refractivity contribution in [1.82, 2.24) is 10.3 Å². The number of nitrogens with zero attached hydrogens (tertiary/aromatic N) is 1. The quantitative estimate of drug-likeness (QED) is 0.465. The summed E-state index contributed by atoms with van der Waals surface area (Å²) in [5.74, 6) is -0.129. The topological polar surface area (TPSA) is 97.4 Å². The lowest BCUT2D eigenvalue weighted by atomic mass is 9.96. The van der Waals surface area contributed by atoms with Gasteiger partial charge in [0.15, 0.2) is 0 Å². The number of amides is 2. The number of methoxy groups -OCH3 is 1. The molecule has 3 aromatic rings. The predicted octanol–water partition coefficient (Wildman–Crippen LogP) is 4.03. The number of benzene rings is 2. The summed E-state index contributed by atoms with van der Waals surface area (Å²) in [6.45, 7) is 0. The van der Waals surface area contributed by atoms with Gasteiger partial charge in [0.05, 0.1) is 7.11 Å². The number of pyridine rings is 1. The SMILES string of the molecule is COC(=O)[C@H](CCSC)NC(=O)c1ccc(C(=O)Nc2ccccn2)cc1-c1ccccc1. The molecule has 170 valence electrons. The standard InChI is InChI=1S/C25H25N3O4S/c1-32-25(31)21(13-15-33-2)27-24(30)19-12-11-18(16-20(19)17-8-4-3-5-9-17)23(29)28-22-10-6-7-14-26-22/h3-12,14,16,21H,13,15H2,1-2H3,(H,27,30)(H,26,28,29)/t21-/m0/s1. The van der Waals surface area contributed by atoms with Crippen molar-refractivity contribution in [2.24, 2.45) is 0 Å². The van der Waals surface area contributed by atoms with Gasteiger partial charge in [-0.3, -0.25) is 9.59 Å². The van der Waals surface area contributed by atoms with Gasteiger partial charge in [-0.15, -0.1) is 0 Å². The maximum atomic E-state index is 13.2. The molecule has 1 atom stereocenters. The molecule has 0 aliphatic rings. The Morgan fingerprint density at radius 1 is 1.00 bits per heavy atom. The molecule has 33 heavy (non-hydrogen) atoms.